The fourth-order valence-electron chi connectivity index (χ4n) is 2.41. The zero-order valence-electron chi connectivity index (χ0n) is 16.4. The van der Waals surface area contributed by atoms with E-state index in [4.69, 9.17) is 9.84 Å². The Morgan fingerprint density at radius 2 is 1.89 bits per heavy atom. The molecule has 1 atom stereocenters. The van der Waals surface area contributed by atoms with Crippen molar-refractivity contribution >= 4 is 33.9 Å². The number of carboxylic acid groups (broad SMARTS) is 1. The van der Waals surface area contributed by atoms with Crippen LogP contribution in [0.1, 0.15) is 40.5 Å². The van der Waals surface area contributed by atoms with Gasteiger partial charge >= 0.3 is 5.97 Å². The van der Waals surface area contributed by atoms with Crippen molar-refractivity contribution in [2.45, 2.75) is 25.8 Å². The summed E-state index contributed by atoms with van der Waals surface area (Å²) in [5.41, 5.74) is 1.56. The molecule has 0 aliphatic heterocycles. The number of hydrogen-bond donors (Lipinski definition) is 3. The van der Waals surface area contributed by atoms with E-state index in [1.54, 1.807) is 37.4 Å². The summed E-state index contributed by atoms with van der Waals surface area (Å²) in [5, 5.41) is 14.8. The van der Waals surface area contributed by atoms with E-state index >= 15 is 0 Å². The molecule has 0 radical (unpaired) electrons. The van der Waals surface area contributed by atoms with Crippen LogP contribution in [-0.4, -0.2) is 44.1 Å². The highest BCUT2D eigenvalue weighted by Gasteiger charge is 2.08. The molecule has 1 unspecified atom stereocenters. The van der Waals surface area contributed by atoms with Crippen LogP contribution in [0.3, 0.4) is 0 Å². The lowest BCUT2D eigenvalue weighted by molar-refractivity contribution is 0.0697. The number of ether oxygens (including phenoxy) is 1. The van der Waals surface area contributed by atoms with E-state index in [9.17, 15) is 9.59 Å². The van der Waals surface area contributed by atoms with Gasteiger partial charge in [0, 0.05) is 28.8 Å². The third kappa shape index (κ3) is 8.10. The van der Waals surface area contributed by atoms with E-state index in [1.807, 2.05) is 19.2 Å². The summed E-state index contributed by atoms with van der Waals surface area (Å²) in [7, 11) is 3.63. The molecule has 3 N–H and O–H groups in total. The van der Waals surface area contributed by atoms with E-state index in [1.165, 1.54) is 0 Å². The molecule has 0 saturated carbocycles. The summed E-state index contributed by atoms with van der Waals surface area (Å²) in [6.45, 7) is 2.81. The van der Waals surface area contributed by atoms with E-state index in [2.05, 4.69) is 33.5 Å². The monoisotopic (exact) mass is 450 g/mol. The Balaban J connectivity index is 0.000000292. The number of carbonyl (C=O) groups excluding carboxylic acids is 1. The van der Waals surface area contributed by atoms with Gasteiger partial charge in [-0.3, -0.25) is 4.79 Å². The molecule has 0 aliphatic carbocycles. The Bertz CT molecular complexity index is 751. The SMILES string of the molecule is CCCC(COc1ccc(C=O)cc1)NC.CNc1ccc(Br)cc1C(=O)O. The van der Waals surface area contributed by atoms with Crippen LogP contribution in [0.4, 0.5) is 5.69 Å². The van der Waals surface area contributed by atoms with E-state index in [0.29, 0.717) is 23.9 Å². The van der Waals surface area contributed by atoms with Crippen molar-refractivity contribution < 1.29 is 19.4 Å². The molecular formula is C21H27BrN2O4. The predicted octanol–water partition coefficient (Wildman–Crippen LogP) is 4.46. The van der Waals surface area contributed by atoms with E-state index in [0.717, 1.165) is 29.4 Å². The second-order valence-electron chi connectivity index (χ2n) is 6.02. The first kappa shape index (κ1) is 23.7. The fraction of sp³-hybridized carbons (Fsp3) is 0.333. The normalized spacial score (nSPS) is 11.0. The van der Waals surface area contributed by atoms with Gasteiger partial charge in [-0.25, -0.2) is 4.79 Å². The molecule has 0 aromatic heterocycles. The summed E-state index contributed by atoms with van der Waals surface area (Å²) in [6.07, 6.45) is 3.07. The van der Waals surface area contributed by atoms with Crippen LogP contribution in [0.15, 0.2) is 46.9 Å². The average Bonchev–Trinajstić information content (AvgIpc) is 2.71. The molecule has 2 rings (SSSR count). The van der Waals surface area contributed by atoms with Gasteiger partial charge in [-0.15, -0.1) is 0 Å². The number of halogens is 1. The Morgan fingerprint density at radius 1 is 1.21 bits per heavy atom. The molecule has 0 saturated heterocycles. The summed E-state index contributed by atoms with van der Waals surface area (Å²) in [5.74, 6) is -0.123. The van der Waals surface area contributed by atoms with Crippen molar-refractivity contribution in [3.8, 4) is 5.75 Å². The number of rotatable bonds is 9. The zero-order chi connectivity index (χ0) is 20.9. The van der Waals surface area contributed by atoms with Gasteiger partial charge < -0.3 is 20.5 Å². The summed E-state index contributed by atoms with van der Waals surface area (Å²) in [6, 6.07) is 12.6. The molecule has 7 heteroatoms. The van der Waals surface area contributed by atoms with Crippen LogP contribution in [0, 0.1) is 0 Å². The first-order chi connectivity index (χ1) is 13.4. The van der Waals surface area contributed by atoms with Crippen LogP contribution in [-0.2, 0) is 0 Å². The van der Waals surface area contributed by atoms with Gasteiger partial charge in [-0.1, -0.05) is 29.3 Å². The van der Waals surface area contributed by atoms with Crippen molar-refractivity contribution in [3.63, 3.8) is 0 Å². The van der Waals surface area contributed by atoms with E-state index < -0.39 is 5.97 Å². The Hall–Kier alpha value is -2.38. The number of benzene rings is 2. The zero-order valence-corrected chi connectivity index (χ0v) is 18.0. The first-order valence-electron chi connectivity index (χ1n) is 9.01. The topological polar surface area (TPSA) is 87.7 Å². The molecule has 0 fully saturated rings. The fourth-order valence-corrected chi connectivity index (χ4v) is 2.77. The molecule has 2 aromatic carbocycles. The Kier molecular flexibility index (Phi) is 10.9. The average molecular weight is 451 g/mol. The highest BCUT2D eigenvalue weighted by atomic mass is 79.9. The van der Waals surface area contributed by atoms with E-state index in [-0.39, 0.29) is 5.56 Å². The maximum atomic E-state index is 10.7. The smallest absolute Gasteiger partial charge is 0.337 e. The number of carboxylic acids is 1. The number of likely N-dealkylation sites (N-methyl/N-ethyl adjacent to an activating group) is 1. The number of hydrogen-bond acceptors (Lipinski definition) is 5. The molecule has 0 spiro atoms. The van der Waals surface area contributed by atoms with Crippen LogP contribution < -0.4 is 15.4 Å². The Labute approximate surface area is 174 Å². The first-order valence-corrected chi connectivity index (χ1v) is 9.80. The molecule has 0 aliphatic rings. The molecule has 0 heterocycles. The van der Waals surface area contributed by atoms with Crippen molar-refractivity contribution in [3.05, 3.63) is 58.1 Å². The minimum absolute atomic E-state index is 0.270. The van der Waals surface area contributed by atoms with Gasteiger partial charge in [0.2, 0.25) is 0 Å². The van der Waals surface area contributed by atoms with Crippen molar-refractivity contribution in [2.24, 2.45) is 0 Å². The summed E-state index contributed by atoms with van der Waals surface area (Å²) >= 11 is 3.20. The third-order valence-corrected chi connectivity index (χ3v) is 4.49. The molecule has 0 bridgehead atoms. The molecule has 28 heavy (non-hydrogen) atoms. The lowest BCUT2D eigenvalue weighted by Gasteiger charge is -2.16. The van der Waals surface area contributed by atoms with Gasteiger partial charge in [-0.2, -0.15) is 0 Å². The second-order valence-corrected chi connectivity index (χ2v) is 6.93. The van der Waals surface area contributed by atoms with Gasteiger partial charge in [-0.05, 0) is 55.9 Å². The number of anilines is 1. The second kappa shape index (κ2) is 12.9. The minimum atomic E-state index is -0.930. The highest BCUT2D eigenvalue weighted by molar-refractivity contribution is 9.10. The standard InChI is InChI=1S/C13H19NO2.C8H8BrNO2/c1-3-4-12(14-2)10-16-13-7-5-11(9-15)6-8-13;1-10-7-3-2-5(9)4-6(7)8(11)12/h5-9,12,14H,3-4,10H2,1-2H3;2-4,10H,1H3,(H,11,12). The number of aldehydes is 1. The molecule has 2 aromatic rings. The number of nitrogens with one attached hydrogen (secondary N) is 2. The van der Waals surface area contributed by atoms with Crippen LogP contribution >= 0.6 is 15.9 Å². The highest BCUT2D eigenvalue weighted by Crippen LogP contribution is 2.20. The van der Waals surface area contributed by atoms with Crippen LogP contribution in [0.25, 0.3) is 0 Å². The molecule has 0 amide bonds. The van der Waals surface area contributed by atoms with Crippen molar-refractivity contribution in [2.75, 3.05) is 26.0 Å². The summed E-state index contributed by atoms with van der Waals surface area (Å²) < 4.78 is 6.40. The Morgan fingerprint density at radius 3 is 2.39 bits per heavy atom. The number of carbonyl (C=O) groups is 2. The predicted molar refractivity (Wildman–Crippen MR) is 116 cm³/mol. The van der Waals surface area contributed by atoms with Crippen LogP contribution in [0.5, 0.6) is 5.75 Å². The lowest BCUT2D eigenvalue weighted by atomic mass is 10.2. The maximum Gasteiger partial charge on any atom is 0.337 e. The van der Waals surface area contributed by atoms with Gasteiger partial charge in [0.05, 0.1) is 5.56 Å². The molecular weight excluding hydrogens is 424 g/mol. The van der Waals surface area contributed by atoms with Crippen molar-refractivity contribution in [1.29, 1.82) is 0 Å². The third-order valence-electron chi connectivity index (χ3n) is 3.99. The largest absolute Gasteiger partial charge is 0.492 e. The van der Waals surface area contributed by atoms with Crippen molar-refractivity contribution in [1.82, 2.24) is 5.32 Å². The van der Waals surface area contributed by atoms with Gasteiger partial charge in [0.1, 0.15) is 18.6 Å². The van der Waals surface area contributed by atoms with Gasteiger partial charge in [0.15, 0.2) is 0 Å². The maximum absolute atomic E-state index is 10.7. The molecule has 6 nitrogen and oxygen atoms in total. The molecule has 152 valence electrons. The summed E-state index contributed by atoms with van der Waals surface area (Å²) in [4.78, 5) is 21.1. The minimum Gasteiger partial charge on any atom is -0.492 e. The van der Waals surface area contributed by atoms with Crippen LogP contribution in [0.2, 0.25) is 0 Å². The quantitative estimate of drug-likeness (QED) is 0.488. The lowest BCUT2D eigenvalue weighted by Crippen LogP contribution is -2.31. The number of aromatic carboxylic acids is 1. The van der Waals surface area contributed by atoms with Gasteiger partial charge in [0.25, 0.3) is 0 Å².